The minimum Gasteiger partial charge on any atom is -0.450 e. The molecule has 1 rings (SSSR count). The highest BCUT2D eigenvalue weighted by Gasteiger charge is 2.21. The second kappa shape index (κ2) is 8.50. The van der Waals surface area contributed by atoms with E-state index in [2.05, 4.69) is 12.6 Å². The number of ether oxygens (including phenoxy) is 2. The highest BCUT2D eigenvalue weighted by atomic mass is 32.2. The molecule has 0 saturated carbocycles. The van der Waals surface area contributed by atoms with Gasteiger partial charge in [0.2, 0.25) is 0 Å². The fourth-order valence-electron chi connectivity index (χ4n) is 1.76. The summed E-state index contributed by atoms with van der Waals surface area (Å²) in [4.78, 5) is 22.2. The van der Waals surface area contributed by atoms with Gasteiger partial charge in [-0.25, -0.2) is 9.59 Å². The Bertz CT molecular complexity index is 345. The lowest BCUT2D eigenvalue weighted by Gasteiger charge is -2.23. The molecule has 0 aromatic carbocycles. The molecule has 0 amide bonds. The summed E-state index contributed by atoms with van der Waals surface area (Å²) >= 11 is 4.63. The maximum atomic E-state index is 11.4. The highest BCUT2D eigenvalue weighted by molar-refractivity contribution is 8.13. The van der Waals surface area contributed by atoms with Gasteiger partial charge in [0.1, 0.15) is 12.2 Å². The summed E-state index contributed by atoms with van der Waals surface area (Å²) in [5.41, 5.74) is 0. The number of carbonyl (C=O) groups excluding carboxylic acids is 2. The van der Waals surface area contributed by atoms with E-state index in [0.29, 0.717) is 25.0 Å². The van der Waals surface area contributed by atoms with Crippen LogP contribution in [0.25, 0.3) is 0 Å². The number of hydrogen-bond donors (Lipinski definition) is 2. The second-order valence-corrected chi connectivity index (χ2v) is 5.68. The van der Waals surface area contributed by atoms with E-state index in [9.17, 15) is 14.7 Å². The van der Waals surface area contributed by atoms with Crippen molar-refractivity contribution in [3.8, 4) is 0 Å². The largest absolute Gasteiger partial charge is 0.450 e. The van der Waals surface area contributed by atoms with Crippen molar-refractivity contribution in [2.45, 2.75) is 44.5 Å². The van der Waals surface area contributed by atoms with Crippen LogP contribution in [0.5, 0.6) is 0 Å². The molecule has 0 spiro atoms. The summed E-state index contributed by atoms with van der Waals surface area (Å²) in [6.07, 6.45) is 3.15. The van der Waals surface area contributed by atoms with Crippen LogP contribution in [-0.4, -0.2) is 39.8 Å². The molecule has 0 aromatic heterocycles. The first-order valence-electron chi connectivity index (χ1n) is 6.10. The molecular formula is C12H18O5S2. The number of thiol groups is 1. The van der Waals surface area contributed by atoms with Crippen LogP contribution in [0.3, 0.4) is 0 Å². The molecule has 108 valence electrons. The molecule has 0 bridgehead atoms. The number of aliphatic hydroxyl groups is 1. The number of carbonyl (C=O) groups is 2. The van der Waals surface area contributed by atoms with Crippen LogP contribution in [0.1, 0.15) is 26.2 Å². The first kappa shape index (κ1) is 16.4. The van der Waals surface area contributed by atoms with Gasteiger partial charge < -0.3 is 14.6 Å². The van der Waals surface area contributed by atoms with E-state index in [4.69, 9.17) is 9.47 Å². The molecule has 19 heavy (non-hydrogen) atoms. The summed E-state index contributed by atoms with van der Waals surface area (Å²) in [6.45, 7) is 1.86. The van der Waals surface area contributed by atoms with Crippen LogP contribution in [0.15, 0.2) is 12.2 Å². The summed E-state index contributed by atoms with van der Waals surface area (Å²) in [5, 5.41) is 8.75. The molecule has 3 unspecified atom stereocenters. The van der Waals surface area contributed by atoms with Gasteiger partial charge in [0.05, 0.1) is 6.10 Å². The van der Waals surface area contributed by atoms with Crippen LogP contribution in [0, 0.1) is 0 Å². The molecule has 0 heterocycles. The van der Waals surface area contributed by atoms with E-state index in [1.54, 1.807) is 12.2 Å². The SMILES string of the molecule is CCSC(=O)OC1/C=C/C(OC(=O)S)CCC(O)C1. The Labute approximate surface area is 122 Å². The first-order valence-corrected chi connectivity index (χ1v) is 7.54. The van der Waals surface area contributed by atoms with Crippen molar-refractivity contribution in [3.05, 3.63) is 12.2 Å². The van der Waals surface area contributed by atoms with Gasteiger partial charge in [-0.1, -0.05) is 19.6 Å². The predicted molar refractivity (Wildman–Crippen MR) is 76.7 cm³/mol. The van der Waals surface area contributed by atoms with Crippen LogP contribution in [-0.2, 0) is 9.47 Å². The lowest BCUT2D eigenvalue weighted by atomic mass is 10.00. The van der Waals surface area contributed by atoms with E-state index >= 15 is 0 Å². The van der Waals surface area contributed by atoms with E-state index in [-0.39, 0.29) is 5.30 Å². The Morgan fingerprint density at radius 2 is 2.00 bits per heavy atom. The zero-order valence-corrected chi connectivity index (χ0v) is 12.4. The fourth-order valence-corrected chi connectivity index (χ4v) is 2.32. The molecule has 1 aliphatic rings. The maximum Gasteiger partial charge on any atom is 0.367 e. The van der Waals surface area contributed by atoms with E-state index in [1.165, 1.54) is 0 Å². The van der Waals surface area contributed by atoms with Gasteiger partial charge in [-0.05, 0) is 36.8 Å². The van der Waals surface area contributed by atoms with Crippen molar-refractivity contribution in [2.24, 2.45) is 0 Å². The first-order chi connectivity index (χ1) is 9.01. The molecular weight excluding hydrogens is 288 g/mol. The van der Waals surface area contributed by atoms with E-state index in [0.717, 1.165) is 11.8 Å². The topological polar surface area (TPSA) is 72.8 Å². The lowest BCUT2D eigenvalue weighted by molar-refractivity contribution is 0.0667. The quantitative estimate of drug-likeness (QED) is 0.474. The Kier molecular flexibility index (Phi) is 7.33. The van der Waals surface area contributed by atoms with Gasteiger partial charge in [-0.3, -0.25) is 0 Å². The molecule has 1 N–H and O–H groups in total. The smallest absolute Gasteiger partial charge is 0.367 e. The number of rotatable bonds is 3. The molecule has 0 fully saturated rings. The van der Waals surface area contributed by atoms with Gasteiger partial charge in [0.25, 0.3) is 0 Å². The third-order valence-electron chi connectivity index (χ3n) is 2.59. The summed E-state index contributed by atoms with van der Waals surface area (Å²) in [7, 11) is 0. The van der Waals surface area contributed by atoms with E-state index in [1.807, 2.05) is 6.92 Å². The van der Waals surface area contributed by atoms with Crippen LogP contribution < -0.4 is 0 Å². The third-order valence-corrected chi connectivity index (χ3v) is 3.32. The Morgan fingerprint density at radius 1 is 1.32 bits per heavy atom. The lowest BCUT2D eigenvalue weighted by Crippen LogP contribution is -2.25. The zero-order valence-electron chi connectivity index (χ0n) is 10.7. The van der Waals surface area contributed by atoms with Crippen LogP contribution in [0.2, 0.25) is 0 Å². The molecule has 0 aliphatic heterocycles. The average Bonchev–Trinajstić information content (AvgIpc) is 2.30. The number of hydrogen-bond acceptors (Lipinski definition) is 6. The van der Waals surface area contributed by atoms with Gasteiger partial charge in [-0.2, -0.15) is 0 Å². The fraction of sp³-hybridized carbons (Fsp3) is 0.667. The van der Waals surface area contributed by atoms with Gasteiger partial charge in [-0.15, -0.1) is 0 Å². The molecule has 1 aliphatic carbocycles. The third kappa shape index (κ3) is 6.89. The minimum atomic E-state index is -0.667. The normalized spacial score (nSPS) is 28.9. The Morgan fingerprint density at radius 3 is 2.63 bits per heavy atom. The van der Waals surface area contributed by atoms with Gasteiger partial charge in [0.15, 0.2) is 0 Å². The van der Waals surface area contributed by atoms with Crippen LogP contribution in [0.4, 0.5) is 9.59 Å². The summed E-state index contributed by atoms with van der Waals surface area (Å²) in [5.74, 6) is 0.637. The minimum absolute atomic E-state index is 0.355. The maximum absolute atomic E-state index is 11.4. The Balaban J connectivity index is 2.61. The van der Waals surface area contributed by atoms with Crippen molar-refractivity contribution in [2.75, 3.05) is 5.75 Å². The molecule has 7 heteroatoms. The van der Waals surface area contributed by atoms with Crippen molar-refractivity contribution < 1.29 is 24.2 Å². The monoisotopic (exact) mass is 306 g/mol. The predicted octanol–water partition coefficient (Wildman–Crippen LogP) is 2.78. The molecule has 0 aromatic rings. The van der Waals surface area contributed by atoms with Crippen molar-refractivity contribution >= 4 is 35.0 Å². The molecule has 3 atom stereocenters. The molecule has 0 saturated heterocycles. The number of thioether (sulfide) groups is 1. The molecule has 0 radical (unpaired) electrons. The highest BCUT2D eigenvalue weighted by Crippen LogP contribution is 2.19. The van der Waals surface area contributed by atoms with Crippen molar-refractivity contribution in [1.29, 1.82) is 0 Å². The summed E-state index contributed by atoms with van der Waals surface area (Å²) in [6, 6.07) is 0. The van der Waals surface area contributed by atoms with Crippen LogP contribution >= 0.6 is 24.4 Å². The Hall–Kier alpha value is -0.660. The second-order valence-electron chi connectivity index (χ2n) is 4.11. The standard InChI is InChI=1S/C12H18O5S2/c1-2-19-12(15)17-10-6-5-9(16-11(14)18)4-3-8(13)7-10/h5-6,8-10,13H,2-4,7H2,1H3,(H,14,18)/b6-5+. The number of aliphatic hydroxyl groups excluding tert-OH is 1. The summed E-state index contributed by atoms with van der Waals surface area (Å²) < 4.78 is 10.2. The van der Waals surface area contributed by atoms with Crippen molar-refractivity contribution in [3.63, 3.8) is 0 Å². The van der Waals surface area contributed by atoms with E-state index < -0.39 is 23.6 Å². The average molecular weight is 306 g/mol. The molecule has 5 nitrogen and oxygen atoms in total. The van der Waals surface area contributed by atoms with Crippen molar-refractivity contribution in [1.82, 2.24) is 0 Å². The zero-order chi connectivity index (χ0) is 14.3. The van der Waals surface area contributed by atoms with Gasteiger partial charge >= 0.3 is 10.6 Å². The van der Waals surface area contributed by atoms with Gasteiger partial charge in [0, 0.05) is 12.2 Å².